The predicted octanol–water partition coefficient (Wildman–Crippen LogP) is 3.85. The van der Waals surface area contributed by atoms with E-state index in [9.17, 15) is 14.4 Å². The van der Waals surface area contributed by atoms with Gasteiger partial charge in [-0.25, -0.2) is 4.79 Å². The summed E-state index contributed by atoms with van der Waals surface area (Å²) in [7, 11) is 1.59. The number of anilines is 2. The van der Waals surface area contributed by atoms with Gasteiger partial charge in [0.25, 0.3) is 11.5 Å². The van der Waals surface area contributed by atoms with E-state index in [1.807, 2.05) is 36.4 Å². The Morgan fingerprint density at radius 2 is 1.86 bits per heavy atom. The Morgan fingerprint density at radius 3 is 2.58 bits per heavy atom. The van der Waals surface area contributed by atoms with Gasteiger partial charge in [-0.1, -0.05) is 54.1 Å². The zero-order chi connectivity index (χ0) is 25.5. The molecule has 188 valence electrons. The van der Waals surface area contributed by atoms with Crippen molar-refractivity contribution in [1.82, 2.24) is 9.55 Å². The molecule has 3 N–H and O–H groups in total. The number of hydrogen-bond acceptors (Lipinski definition) is 5. The van der Waals surface area contributed by atoms with Crippen LogP contribution in [0.4, 0.5) is 11.5 Å². The number of H-pyrrole nitrogens is 1. The Labute approximate surface area is 210 Å². The molecule has 1 aliphatic rings. The molecule has 0 radical (unpaired) electrons. The molecule has 3 aromatic rings. The largest absolute Gasteiger partial charge is 0.383 e. The Bertz CT molecular complexity index is 1360. The lowest BCUT2D eigenvalue weighted by Crippen LogP contribution is -2.42. The summed E-state index contributed by atoms with van der Waals surface area (Å²) >= 11 is 0. The van der Waals surface area contributed by atoms with Crippen LogP contribution in [0.2, 0.25) is 0 Å². The van der Waals surface area contributed by atoms with Crippen LogP contribution in [0.3, 0.4) is 0 Å². The van der Waals surface area contributed by atoms with Crippen LogP contribution >= 0.6 is 0 Å². The molecule has 0 atom stereocenters. The summed E-state index contributed by atoms with van der Waals surface area (Å²) in [6.45, 7) is 0.806. The number of ether oxygens (including phenoxy) is 1. The number of nitrogens with two attached hydrogens (primary N) is 1. The molecule has 0 saturated carbocycles. The van der Waals surface area contributed by atoms with Gasteiger partial charge >= 0.3 is 5.69 Å². The molecule has 0 spiro atoms. The number of hydrogen-bond donors (Lipinski definition) is 2. The molecule has 1 amide bonds. The number of carbonyl (C=O) groups is 1. The zero-order valence-electron chi connectivity index (χ0n) is 20.5. The fraction of sp³-hybridized carbons (Fsp3) is 0.321. The van der Waals surface area contributed by atoms with E-state index in [1.54, 1.807) is 25.3 Å². The molecule has 0 fully saturated rings. The van der Waals surface area contributed by atoms with E-state index in [0.29, 0.717) is 18.6 Å². The number of benzene rings is 2. The lowest BCUT2D eigenvalue weighted by atomic mass is 9.97. The van der Waals surface area contributed by atoms with Gasteiger partial charge in [-0.3, -0.25) is 19.1 Å². The van der Waals surface area contributed by atoms with Crippen LogP contribution in [0.5, 0.6) is 0 Å². The lowest BCUT2D eigenvalue weighted by Gasteiger charge is -2.26. The SMILES string of the molecule is COCc1cccc(C(=O)N(CCC2=CCCCC2)c2c(N)n(Cc3ccccc3)c(=O)[nH]c2=O)c1. The summed E-state index contributed by atoms with van der Waals surface area (Å²) in [5.41, 5.74) is 8.52. The number of nitrogens with zero attached hydrogens (tertiary/aromatic N) is 2. The van der Waals surface area contributed by atoms with Crippen molar-refractivity contribution in [2.45, 2.75) is 45.3 Å². The van der Waals surface area contributed by atoms with Gasteiger partial charge in [0.15, 0.2) is 5.69 Å². The second kappa shape index (κ2) is 11.7. The summed E-state index contributed by atoms with van der Waals surface area (Å²) in [6.07, 6.45) is 7.12. The van der Waals surface area contributed by atoms with Crippen molar-refractivity contribution in [1.29, 1.82) is 0 Å². The van der Waals surface area contributed by atoms with E-state index in [0.717, 1.165) is 36.8 Å². The van der Waals surface area contributed by atoms with Crippen LogP contribution in [0.25, 0.3) is 0 Å². The van der Waals surface area contributed by atoms with E-state index in [-0.39, 0.29) is 30.5 Å². The average molecular weight is 489 g/mol. The molecule has 0 unspecified atom stereocenters. The third-order valence-corrected chi connectivity index (χ3v) is 6.44. The van der Waals surface area contributed by atoms with E-state index in [1.165, 1.54) is 15.0 Å². The zero-order valence-corrected chi connectivity index (χ0v) is 20.5. The van der Waals surface area contributed by atoms with Crippen molar-refractivity contribution < 1.29 is 9.53 Å². The summed E-state index contributed by atoms with van der Waals surface area (Å²) < 4.78 is 6.51. The molecule has 1 aliphatic carbocycles. The smallest absolute Gasteiger partial charge is 0.330 e. The van der Waals surface area contributed by atoms with E-state index < -0.39 is 11.2 Å². The number of amides is 1. The first-order valence-corrected chi connectivity index (χ1v) is 12.2. The number of aromatic nitrogens is 2. The van der Waals surface area contributed by atoms with E-state index in [2.05, 4.69) is 11.1 Å². The highest BCUT2D eigenvalue weighted by Crippen LogP contribution is 2.25. The van der Waals surface area contributed by atoms with Crippen molar-refractivity contribution in [2.75, 3.05) is 24.3 Å². The molecule has 8 heteroatoms. The predicted molar refractivity (Wildman–Crippen MR) is 141 cm³/mol. The number of allylic oxidation sites excluding steroid dienone is 1. The third-order valence-electron chi connectivity index (χ3n) is 6.44. The van der Waals surface area contributed by atoms with Crippen molar-refractivity contribution in [3.63, 3.8) is 0 Å². The minimum Gasteiger partial charge on any atom is -0.383 e. The van der Waals surface area contributed by atoms with Crippen LogP contribution < -0.4 is 21.9 Å². The Balaban J connectivity index is 1.76. The molecule has 8 nitrogen and oxygen atoms in total. The highest BCUT2D eigenvalue weighted by Gasteiger charge is 2.26. The van der Waals surface area contributed by atoms with Crippen LogP contribution in [0, 0.1) is 0 Å². The van der Waals surface area contributed by atoms with Crippen molar-refractivity contribution in [2.24, 2.45) is 0 Å². The van der Waals surface area contributed by atoms with Gasteiger partial charge in [-0.2, -0.15) is 0 Å². The van der Waals surface area contributed by atoms with Crippen LogP contribution in [-0.2, 0) is 17.9 Å². The molecular formula is C28H32N4O4. The first kappa shape index (κ1) is 25.2. The van der Waals surface area contributed by atoms with Gasteiger partial charge in [-0.05, 0) is 55.4 Å². The highest BCUT2D eigenvalue weighted by molar-refractivity contribution is 6.07. The van der Waals surface area contributed by atoms with Crippen molar-refractivity contribution in [3.05, 3.63) is 104 Å². The van der Waals surface area contributed by atoms with Gasteiger partial charge in [-0.15, -0.1) is 0 Å². The normalized spacial score (nSPS) is 13.3. The van der Waals surface area contributed by atoms with E-state index in [4.69, 9.17) is 10.5 Å². The maximum Gasteiger partial charge on any atom is 0.330 e. The minimum absolute atomic E-state index is 0.0101. The van der Waals surface area contributed by atoms with Crippen LogP contribution in [0.1, 0.15) is 53.6 Å². The standard InChI is InChI=1S/C28H32N4O4/c1-36-19-22-13-8-14-23(17-22)27(34)31(16-15-20-9-4-2-5-10-20)24-25(29)32(28(35)30-26(24)33)18-21-11-6-3-7-12-21/h3,6-9,11-14,17H,2,4-5,10,15-16,18-19,29H2,1H3,(H,30,33,35). The average Bonchev–Trinajstić information content (AvgIpc) is 2.89. The van der Waals surface area contributed by atoms with Gasteiger partial charge in [0.1, 0.15) is 5.82 Å². The van der Waals surface area contributed by atoms with Crippen LogP contribution in [0.15, 0.2) is 75.8 Å². The highest BCUT2D eigenvalue weighted by atomic mass is 16.5. The molecule has 0 bridgehead atoms. The molecule has 1 heterocycles. The molecule has 36 heavy (non-hydrogen) atoms. The van der Waals surface area contributed by atoms with Crippen molar-refractivity contribution in [3.8, 4) is 0 Å². The number of methoxy groups -OCH3 is 1. The molecular weight excluding hydrogens is 456 g/mol. The number of carbonyl (C=O) groups excluding carboxylic acids is 1. The van der Waals surface area contributed by atoms with E-state index >= 15 is 0 Å². The fourth-order valence-electron chi connectivity index (χ4n) is 4.58. The van der Waals surface area contributed by atoms with Crippen LogP contribution in [-0.4, -0.2) is 29.1 Å². The molecule has 1 aromatic heterocycles. The number of nitrogens with one attached hydrogen (secondary N) is 1. The number of aromatic amines is 1. The first-order valence-electron chi connectivity index (χ1n) is 12.2. The Morgan fingerprint density at radius 1 is 1.08 bits per heavy atom. The van der Waals surface area contributed by atoms with Gasteiger partial charge < -0.3 is 15.4 Å². The summed E-state index contributed by atoms with van der Waals surface area (Å²) in [6, 6.07) is 16.5. The number of rotatable bonds is 9. The maximum absolute atomic E-state index is 13.8. The number of nitrogen functional groups attached to an aromatic ring is 1. The Kier molecular flexibility index (Phi) is 8.17. The summed E-state index contributed by atoms with van der Waals surface area (Å²) in [4.78, 5) is 43.4. The molecule has 0 saturated heterocycles. The topological polar surface area (TPSA) is 110 Å². The maximum atomic E-state index is 13.8. The van der Waals surface area contributed by atoms with Gasteiger partial charge in [0.05, 0.1) is 13.2 Å². The molecule has 4 rings (SSSR count). The third kappa shape index (κ3) is 5.83. The second-order valence-corrected chi connectivity index (χ2v) is 9.01. The first-order chi connectivity index (χ1) is 17.5. The Hall–Kier alpha value is -3.91. The van der Waals surface area contributed by atoms with Gasteiger partial charge in [0.2, 0.25) is 0 Å². The molecule has 2 aromatic carbocycles. The summed E-state index contributed by atoms with van der Waals surface area (Å²) in [5.74, 6) is -0.391. The fourth-order valence-corrected chi connectivity index (χ4v) is 4.58. The van der Waals surface area contributed by atoms with Gasteiger partial charge in [0, 0.05) is 19.2 Å². The minimum atomic E-state index is -0.680. The monoisotopic (exact) mass is 488 g/mol. The van der Waals surface area contributed by atoms with Crippen molar-refractivity contribution >= 4 is 17.4 Å². The quantitative estimate of drug-likeness (QED) is 0.445. The molecule has 0 aliphatic heterocycles. The second-order valence-electron chi connectivity index (χ2n) is 9.01. The summed E-state index contributed by atoms with van der Waals surface area (Å²) in [5, 5.41) is 0. The lowest BCUT2D eigenvalue weighted by molar-refractivity contribution is 0.0986.